The number of carbonyl (C=O) groups is 1. The lowest BCUT2D eigenvalue weighted by Gasteiger charge is -2.29. The summed E-state index contributed by atoms with van der Waals surface area (Å²) < 4.78 is 1.66. The van der Waals surface area contributed by atoms with Crippen molar-refractivity contribution >= 4 is 28.6 Å². The number of fused-ring (bicyclic) bond motifs is 1. The Morgan fingerprint density at radius 2 is 1.72 bits per heavy atom. The zero-order valence-electron chi connectivity index (χ0n) is 16.8. The molecular formula is C23H25N3O2S. The molecule has 0 spiro atoms. The van der Waals surface area contributed by atoms with Crippen LogP contribution in [0.15, 0.2) is 58.5 Å². The van der Waals surface area contributed by atoms with E-state index in [1.165, 1.54) is 18.2 Å². The van der Waals surface area contributed by atoms with E-state index in [9.17, 15) is 9.59 Å². The summed E-state index contributed by atoms with van der Waals surface area (Å²) >= 11 is 1.37. The lowest BCUT2D eigenvalue weighted by molar-refractivity contribution is -0.131. The summed E-state index contributed by atoms with van der Waals surface area (Å²) in [6.07, 6.45) is 3.31. The minimum Gasteiger partial charge on any atom is -0.342 e. The SMILES string of the molecule is Cc1ccccc1-n1c(S[C@@H](C)C(=O)N2CCCCC2)nc2ccccc2c1=O. The lowest BCUT2D eigenvalue weighted by atomic mass is 10.1. The van der Waals surface area contributed by atoms with E-state index in [-0.39, 0.29) is 16.7 Å². The largest absolute Gasteiger partial charge is 0.342 e. The van der Waals surface area contributed by atoms with Gasteiger partial charge in [0.2, 0.25) is 5.91 Å². The molecule has 1 saturated heterocycles. The fraction of sp³-hybridized carbons (Fsp3) is 0.348. The van der Waals surface area contributed by atoms with Crippen LogP contribution in [0.5, 0.6) is 0 Å². The van der Waals surface area contributed by atoms with Gasteiger partial charge < -0.3 is 4.90 Å². The van der Waals surface area contributed by atoms with Gasteiger partial charge in [0, 0.05) is 13.1 Å². The molecule has 150 valence electrons. The number of rotatable bonds is 4. The van der Waals surface area contributed by atoms with E-state index in [1.54, 1.807) is 10.6 Å². The highest BCUT2D eigenvalue weighted by Gasteiger charge is 2.25. The summed E-state index contributed by atoms with van der Waals surface area (Å²) in [5, 5.41) is 0.826. The van der Waals surface area contributed by atoms with Gasteiger partial charge in [-0.1, -0.05) is 42.1 Å². The Balaban J connectivity index is 1.78. The maximum absolute atomic E-state index is 13.4. The molecule has 29 heavy (non-hydrogen) atoms. The lowest BCUT2D eigenvalue weighted by Crippen LogP contribution is -2.40. The Hall–Kier alpha value is -2.60. The average Bonchev–Trinajstić information content (AvgIpc) is 2.75. The third-order valence-corrected chi connectivity index (χ3v) is 6.44. The van der Waals surface area contributed by atoms with E-state index >= 15 is 0 Å². The van der Waals surface area contributed by atoms with Crippen molar-refractivity contribution in [3.05, 3.63) is 64.4 Å². The number of amides is 1. The smallest absolute Gasteiger partial charge is 0.266 e. The van der Waals surface area contributed by atoms with Gasteiger partial charge >= 0.3 is 0 Å². The zero-order chi connectivity index (χ0) is 20.4. The van der Waals surface area contributed by atoms with Gasteiger partial charge in [0.05, 0.1) is 21.8 Å². The Morgan fingerprint density at radius 3 is 2.48 bits per heavy atom. The Bertz CT molecular complexity index is 1100. The van der Waals surface area contributed by atoms with E-state index in [0.717, 1.165) is 37.2 Å². The quantitative estimate of drug-likeness (QED) is 0.481. The first kappa shape index (κ1) is 19.7. The minimum absolute atomic E-state index is 0.106. The number of aryl methyl sites for hydroxylation is 1. The molecule has 0 radical (unpaired) electrons. The van der Waals surface area contributed by atoms with Gasteiger partial charge in [-0.15, -0.1) is 0 Å². The highest BCUT2D eigenvalue weighted by molar-refractivity contribution is 8.00. The summed E-state index contributed by atoms with van der Waals surface area (Å²) in [6.45, 7) is 5.53. The topological polar surface area (TPSA) is 55.2 Å². The van der Waals surface area contributed by atoms with Gasteiger partial charge in [-0.2, -0.15) is 0 Å². The van der Waals surface area contributed by atoms with Crippen LogP contribution in [0.4, 0.5) is 0 Å². The number of hydrogen-bond acceptors (Lipinski definition) is 4. The molecule has 0 aliphatic carbocycles. The third kappa shape index (κ3) is 3.94. The third-order valence-electron chi connectivity index (χ3n) is 5.40. The van der Waals surface area contributed by atoms with Crippen molar-refractivity contribution in [2.45, 2.75) is 43.5 Å². The molecule has 2 aromatic carbocycles. The predicted octanol–water partition coefficient (Wildman–Crippen LogP) is 4.19. The van der Waals surface area contributed by atoms with Crippen LogP contribution in [-0.2, 0) is 4.79 Å². The van der Waals surface area contributed by atoms with Crippen molar-refractivity contribution in [3.63, 3.8) is 0 Å². The van der Waals surface area contributed by atoms with Crippen LogP contribution in [0, 0.1) is 6.92 Å². The molecule has 1 amide bonds. The number of aromatic nitrogens is 2. The second-order valence-electron chi connectivity index (χ2n) is 7.48. The molecule has 4 rings (SSSR count). The van der Waals surface area contributed by atoms with Crippen LogP contribution >= 0.6 is 11.8 Å². The maximum Gasteiger partial charge on any atom is 0.266 e. The van der Waals surface area contributed by atoms with Gasteiger partial charge in [0.25, 0.3) is 5.56 Å². The first-order valence-electron chi connectivity index (χ1n) is 10.1. The van der Waals surface area contributed by atoms with Crippen LogP contribution < -0.4 is 5.56 Å². The molecule has 1 aromatic heterocycles. The number of piperidine rings is 1. The summed E-state index contributed by atoms with van der Waals surface area (Å²) in [6, 6.07) is 15.2. The molecule has 1 aliphatic heterocycles. The van der Waals surface area contributed by atoms with Gasteiger partial charge in [0.15, 0.2) is 5.16 Å². The summed E-state index contributed by atoms with van der Waals surface area (Å²) in [7, 11) is 0. The fourth-order valence-electron chi connectivity index (χ4n) is 3.80. The zero-order valence-corrected chi connectivity index (χ0v) is 17.6. The number of hydrogen-bond donors (Lipinski definition) is 0. The van der Waals surface area contributed by atoms with Gasteiger partial charge in [-0.3, -0.25) is 14.2 Å². The number of benzene rings is 2. The molecule has 1 aliphatic rings. The van der Waals surface area contributed by atoms with Crippen molar-refractivity contribution < 1.29 is 4.79 Å². The average molecular weight is 408 g/mol. The Kier molecular flexibility index (Phi) is 5.72. The summed E-state index contributed by atoms with van der Waals surface area (Å²) in [5.41, 5.74) is 2.34. The second kappa shape index (κ2) is 8.41. The number of thioether (sulfide) groups is 1. The first-order chi connectivity index (χ1) is 14.1. The van der Waals surface area contributed by atoms with Crippen LogP contribution in [0.3, 0.4) is 0 Å². The molecule has 0 bridgehead atoms. The van der Waals surface area contributed by atoms with E-state index in [0.29, 0.717) is 16.1 Å². The van der Waals surface area contributed by atoms with Crippen molar-refractivity contribution in [3.8, 4) is 5.69 Å². The predicted molar refractivity (Wildman–Crippen MR) is 118 cm³/mol. The maximum atomic E-state index is 13.4. The number of nitrogens with zero attached hydrogens (tertiary/aromatic N) is 3. The van der Waals surface area contributed by atoms with Crippen molar-refractivity contribution in [1.29, 1.82) is 0 Å². The molecule has 5 nitrogen and oxygen atoms in total. The van der Waals surface area contributed by atoms with Gasteiger partial charge in [-0.05, 0) is 56.9 Å². The van der Waals surface area contributed by atoms with E-state index in [2.05, 4.69) is 0 Å². The Morgan fingerprint density at radius 1 is 1.03 bits per heavy atom. The van der Waals surface area contributed by atoms with Crippen LogP contribution in [0.1, 0.15) is 31.7 Å². The molecule has 0 saturated carbocycles. The number of likely N-dealkylation sites (tertiary alicyclic amines) is 1. The monoisotopic (exact) mass is 407 g/mol. The molecule has 1 fully saturated rings. The van der Waals surface area contributed by atoms with Gasteiger partial charge in [-0.25, -0.2) is 4.98 Å². The van der Waals surface area contributed by atoms with Crippen molar-refractivity contribution in [2.75, 3.05) is 13.1 Å². The standard InChI is InChI=1S/C23H25N3O2S/c1-16-10-4-7-13-20(16)26-22(28)18-11-5-6-12-19(18)24-23(26)29-17(2)21(27)25-14-8-3-9-15-25/h4-7,10-13,17H,3,8-9,14-15H2,1-2H3/t17-/m0/s1. The summed E-state index contributed by atoms with van der Waals surface area (Å²) in [5.74, 6) is 0.119. The fourth-order valence-corrected chi connectivity index (χ4v) is 4.80. The normalized spacial score (nSPS) is 15.4. The van der Waals surface area contributed by atoms with Crippen molar-refractivity contribution in [2.24, 2.45) is 0 Å². The second-order valence-corrected chi connectivity index (χ2v) is 8.79. The van der Waals surface area contributed by atoms with Crippen LogP contribution in [-0.4, -0.2) is 38.7 Å². The minimum atomic E-state index is -0.309. The summed E-state index contributed by atoms with van der Waals surface area (Å²) in [4.78, 5) is 33.0. The van der Waals surface area contributed by atoms with E-state index in [4.69, 9.17) is 4.98 Å². The first-order valence-corrected chi connectivity index (χ1v) is 11.0. The molecule has 2 heterocycles. The Labute approximate surface area is 174 Å². The molecule has 3 aromatic rings. The molecular weight excluding hydrogens is 382 g/mol. The molecule has 1 atom stereocenters. The molecule has 6 heteroatoms. The van der Waals surface area contributed by atoms with Crippen molar-refractivity contribution in [1.82, 2.24) is 14.5 Å². The van der Waals surface area contributed by atoms with E-state index < -0.39 is 0 Å². The number of para-hydroxylation sites is 2. The highest BCUT2D eigenvalue weighted by atomic mass is 32.2. The van der Waals surface area contributed by atoms with Gasteiger partial charge in [0.1, 0.15) is 0 Å². The van der Waals surface area contributed by atoms with Crippen LogP contribution in [0.2, 0.25) is 0 Å². The number of carbonyl (C=O) groups excluding carboxylic acids is 1. The molecule has 0 unspecified atom stereocenters. The van der Waals surface area contributed by atoms with E-state index in [1.807, 2.05) is 61.2 Å². The molecule has 0 N–H and O–H groups in total. The van der Waals surface area contributed by atoms with Crippen LogP contribution in [0.25, 0.3) is 16.6 Å². The highest BCUT2D eigenvalue weighted by Crippen LogP contribution is 2.27.